The van der Waals surface area contributed by atoms with E-state index in [4.69, 9.17) is 0 Å². The largest absolute Gasteiger partial charge is 0.311 e. The van der Waals surface area contributed by atoms with E-state index in [0.29, 0.717) is 5.41 Å². The van der Waals surface area contributed by atoms with Crippen molar-refractivity contribution in [2.75, 3.05) is 19.6 Å². The van der Waals surface area contributed by atoms with E-state index in [1.54, 1.807) is 0 Å². The average Bonchev–Trinajstić information content (AvgIpc) is 2.80. The molecule has 16 heavy (non-hydrogen) atoms. The van der Waals surface area contributed by atoms with Gasteiger partial charge in [-0.1, -0.05) is 27.2 Å². The first-order chi connectivity index (χ1) is 7.53. The Morgan fingerprint density at radius 3 is 2.62 bits per heavy atom. The second kappa shape index (κ2) is 4.66. The molecule has 3 unspecified atom stereocenters. The minimum absolute atomic E-state index is 0.630. The summed E-state index contributed by atoms with van der Waals surface area (Å²) in [6, 6.07) is 1.47. The van der Waals surface area contributed by atoms with Gasteiger partial charge in [-0.15, -0.1) is 0 Å². The lowest BCUT2D eigenvalue weighted by molar-refractivity contribution is 0.126. The molecule has 0 aromatic carbocycles. The monoisotopic (exact) mass is 224 g/mol. The molecule has 0 amide bonds. The fraction of sp³-hybridized carbons (Fsp3) is 1.00. The van der Waals surface area contributed by atoms with Crippen molar-refractivity contribution in [1.82, 2.24) is 10.2 Å². The third-order valence-corrected chi connectivity index (χ3v) is 4.59. The van der Waals surface area contributed by atoms with E-state index in [1.165, 1.54) is 38.9 Å². The zero-order chi connectivity index (χ0) is 11.8. The van der Waals surface area contributed by atoms with Crippen molar-refractivity contribution in [3.63, 3.8) is 0 Å². The SMILES string of the molecule is CCCC1CN(CC2CC2(C)C)C(C)CN1. The van der Waals surface area contributed by atoms with Crippen LogP contribution in [0.3, 0.4) is 0 Å². The first-order valence-electron chi connectivity index (χ1n) is 7.00. The summed E-state index contributed by atoms with van der Waals surface area (Å²) in [5.41, 5.74) is 0.630. The van der Waals surface area contributed by atoms with E-state index in [0.717, 1.165) is 18.0 Å². The van der Waals surface area contributed by atoms with Crippen molar-refractivity contribution < 1.29 is 0 Å². The molecule has 1 heterocycles. The van der Waals surface area contributed by atoms with Gasteiger partial charge in [0.05, 0.1) is 0 Å². The van der Waals surface area contributed by atoms with Gasteiger partial charge in [0.1, 0.15) is 0 Å². The minimum atomic E-state index is 0.630. The Morgan fingerprint density at radius 2 is 2.06 bits per heavy atom. The normalized spacial score (nSPS) is 38.6. The lowest BCUT2D eigenvalue weighted by atomic mass is 10.0. The van der Waals surface area contributed by atoms with Crippen LogP contribution < -0.4 is 5.32 Å². The summed E-state index contributed by atoms with van der Waals surface area (Å²) in [5.74, 6) is 0.954. The van der Waals surface area contributed by atoms with Gasteiger partial charge in [0, 0.05) is 31.7 Å². The summed E-state index contributed by atoms with van der Waals surface area (Å²) in [7, 11) is 0. The number of rotatable bonds is 4. The molecule has 0 spiro atoms. The molecular formula is C14H28N2. The molecule has 1 saturated heterocycles. The van der Waals surface area contributed by atoms with Crippen molar-refractivity contribution in [3.8, 4) is 0 Å². The van der Waals surface area contributed by atoms with Crippen LogP contribution in [0, 0.1) is 11.3 Å². The summed E-state index contributed by atoms with van der Waals surface area (Å²) in [4.78, 5) is 2.72. The fourth-order valence-corrected chi connectivity index (χ4v) is 2.96. The first-order valence-corrected chi connectivity index (χ1v) is 7.00. The van der Waals surface area contributed by atoms with Crippen molar-refractivity contribution >= 4 is 0 Å². The second-order valence-corrected chi connectivity index (χ2v) is 6.59. The molecule has 94 valence electrons. The van der Waals surface area contributed by atoms with Crippen LogP contribution in [0.25, 0.3) is 0 Å². The van der Waals surface area contributed by atoms with Gasteiger partial charge in [-0.3, -0.25) is 4.90 Å². The van der Waals surface area contributed by atoms with Gasteiger partial charge in [0.15, 0.2) is 0 Å². The van der Waals surface area contributed by atoms with E-state index in [2.05, 4.69) is 37.9 Å². The lowest BCUT2D eigenvalue weighted by Gasteiger charge is -2.39. The topological polar surface area (TPSA) is 15.3 Å². The zero-order valence-corrected chi connectivity index (χ0v) is 11.4. The van der Waals surface area contributed by atoms with E-state index in [1.807, 2.05) is 0 Å². The predicted octanol–water partition coefficient (Wildman–Crippen LogP) is 2.49. The van der Waals surface area contributed by atoms with Gasteiger partial charge in [-0.05, 0) is 31.1 Å². The Kier molecular flexibility index (Phi) is 3.60. The van der Waals surface area contributed by atoms with Gasteiger partial charge < -0.3 is 5.32 Å². The lowest BCUT2D eigenvalue weighted by Crippen LogP contribution is -2.55. The molecule has 2 rings (SSSR count). The highest BCUT2D eigenvalue weighted by Gasteiger charge is 2.46. The smallest absolute Gasteiger partial charge is 0.0195 e. The maximum atomic E-state index is 3.67. The molecule has 0 radical (unpaired) electrons. The van der Waals surface area contributed by atoms with Gasteiger partial charge >= 0.3 is 0 Å². The number of hydrogen-bond acceptors (Lipinski definition) is 2. The highest BCUT2D eigenvalue weighted by molar-refractivity contribution is 4.98. The molecule has 1 N–H and O–H groups in total. The van der Waals surface area contributed by atoms with Crippen molar-refractivity contribution in [1.29, 1.82) is 0 Å². The van der Waals surface area contributed by atoms with Gasteiger partial charge in [0.2, 0.25) is 0 Å². The van der Waals surface area contributed by atoms with Crippen LogP contribution in [0.5, 0.6) is 0 Å². The second-order valence-electron chi connectivity index (χ2n) is 6.59. The van der Waals surface area contributed by atoms with Crippen LogP contribution in [-0.2, 0) is 0 Å². The zero-order valence-electron chi connectivity index (χ0n) is 11.4. The van der Waals surface area contributed by atoms with Crippen LogP contribution in [0.15, 0.2) is 0 Å². The Bertz CT molecular complexity index is 237. The Hall–Kier alpha value is -0.0800. The van der Waals surface area contributed by atoms with Gasteiger partial charge in [-0.2, -0.15) is 0 Å². The standard InChI is InChI=1S/C14H28N2/c1-5-6-13-10-16(11(2)8-15-13)9-12-7-14(12,3)4/h11-13,15H,5-10H2,1-4H3. The van der Waals surface area contributed by atoms with Crippen LogP contribution in [0.4, 0.5) is 0 Å². The Labute approximate surface area is 101 Å². The first kappa shape index (κ1) is 12.4. The van der Waals surface area contributed by atoms with Gasteiger partial charge in [-0.25, -0.2) is 0 Å². The number of hydrogen-bond donors (Lipinski definition) is 1. The molecule has 2 nitrogen and oxygen atoms in total. The third kappa shape index (κ3) is 2.78. The van der Waals surface area contributed by atoms with Crippen LogP contribution in [0.1, 0.15) is 47.0 Å². The molecule has 2 heteroatoms. The molecule has 2 aliphatic rings. The summed E-state index contributed by atoms with van der Waals surface area (Å²) < 4.78 is 0. The minimum Gasteiger partial charge on any atom is -0.311 e. The maximum absolute atomic E-state index is 3.67. The highest BCUT2D eigenvalue weighted by atomic mass is 15.2. The number of nitrogens with one attached hydrogen (secondary N) is 1. The average molecular weight is 224 g/mol. The quantitative estimate of drug-likeness (QED) is 0.789. The van der Waals surface area contributed by atoms with Crippen LogP contribution in [0.2, 0.25) is 0 Å². The van der Waals surface area contributed by atoms with Crippen molar-refractivity contribution in [3.05, 3.63) is 0 Å². The summed E-state index contributed by atoms with van der Waals surface area (Å²) in [5, 5.41) is 3.67. The van der Waals surface area contributed by atoms with Gasteiger partial charge in [0.25, 0.3) is 0 Å². The molecule has 3 atom stereocenters. The van der Waals surface area contributed by atoms with Crippen LogP contribution in [-0.4, -0.2) is 36.6 Å². The Morgan fingerprint density at radius 1 is 1.38 bits per heavy atom. The third-order valence-electron chi connectivity index (χ3n) is 4.59. The molecular weight excluding hydrogens is 196 g/mol. The summed E-state index contributed by atoms with van der Waals surface area (Å²) in [6.45, 7) is 13.2. The van der Waals surface area contributed by atoms with E-state index < -0.39 is 0 Å². The molecule has 1 aliphatic carbocycles. The molecule has 1 saturated carbocycles. The van der Waals surface area contributed by atoms with E-state index in [-0.39, 0.29) is 0 Å². The maximum Gasteiger partial charge on any atom is 0.0195 e. The molecule has 2 fully saturated rings. The number of nitrogens with zero attached hydrogens (tertiary/aromatic N) is 1. The molecule has 1 aliphatic heterocycles. The molecule has 0 aromatic heterocycles. The number of piperazine rings is 1. The highest BCUT2D eigenvalue weighted by Crippen LogP contribution is 2.52. The summed E-state index contributed by atoms with van der Waals surface area (Å²) >= 11 is 0. The molecule has 0 bridgehead atoms. The van der Waals surface area contributed by atoms with Crippen molar-refractivity contribution in [2.24, 2.45) is 11.3 Å². The van der Waals surface area contributed by atoms with E-state index >= 15 is 0 Å². The van der Waals surface area contributed by atoms with E-state index in [9.17, 15) is 0 Å². The predicted molar refractivity (Wildman–Crippen MR) is 69.6 cm³/mol. The summed E-state index contributed by atoms with van der Waals surface area (Å²) in [6.07, 6.45) is 4.06. The fourth-order valence-electron chi connectivity index (χ4n) is 2.96. The molecule has 0 aromatic rings. The Balaban J connectivity index is 1.82. The van der Waals surface area contributed by atoms with Crippen LogP contribution >= 0.6 is 0 Å². The van der Waals surface area contributed by atoms with Crippen molar-refractivity contribution in [2.45, 2.75) is 59.0 Å².